The predicted molar refractivity (Wildman–Crippen MR) is 158 cm³/mol. The SMILES string of the molecule is C[C@@]12C(=O)N(c3ccccc3)C(=O)[C@@H]1C[C@@H]1C(=CC[C@@H]3C(=O)N(c4cccc(B(O)O)c4)C(=O)[C@@H]31)[C@@H]2c1cccc(O)c1. The zero-order valence-corrected chi connectivity index (χ0v) is 23.3. The van der Waals surface area contributed by atoms with Crippen molar-refractivity contribution in [2.45, 2.75) is 25.7 Å². The number of carbonyl (C=O) groups excluding carboxylic acids is 4. The molecule has 0 unspecified atom stereocenters. The van der Waals surface area contributed by atoms with E-state index in [1.807, 2.05) is 18.2 Å². The summed E-state index contributed by atoms with van der Waals surface area (Å²) in [4.78, 5) is 58.7. The first-order valence-electron chi connectivity index (χ1n) is 14.4. The van der Waals surface area contributed by atoms with Crippen LogP contribution in [-0.4, -0.2) is 45.9 Å². The molecule has 0 spiro atoms. The van der Waals surface area contributed by atoms with E-state index in [1.54, 1.807) is 61.5 Å². The van der Waals surface area contributed by atoms with Crippen LogP contribution in [0.1, 0.15) is 31.2 Å². The molecule has 0 radical (unpaired) electrons. The summed E-state index contributed by atoms with van der Waals surface area (Å²) in [6.45, 7) is 1.80. The lowest BCUT2D eigenvalue weighted by Gasteiger charge is -2.49. The number of phenols is 1. The van der Waals surface area contributed by atoms with Gasteiger partial charge in [0.1, 0.15) is 5.75 Å². The molecule has 6 atom stereocenters. The summed E-state index contributed by atoms with van der Waals surface area (Å²) in [5.74, 6) is -4.73. The van der Waals surface area contributed by atoms with Crippen LogP contribution in [-0.2, 0) is 19.2 Å². The van der Waals surface area contributed by atoms with Gasteiger partial charge in [0.25, 0.3) is 0 Å². The maximum atomic E-state index is 14.3. The second-order valence-electron chi connectivity index (χ2n) is 12.1. The number of rotatable bonds is 4. The van der Waals surface area contributed by atoms with Crippen molar-refractivity contribution in [3.63, 3.8) is 0 Å². The molecule has 43 heavy (non-hydrogen) atoms. The van der Waals surface area contributed by atoms with Gasteiger partial charge < -0.3 is 15.2 Å². The van der Waals surface area contributed by atoms with Gasteiger partial charge in [0.2, 0.25) is 23.6 Å². The van der Waals surface area contributed by atoms with E-state index < -0.39 is 48.0 Å². The summed E-state index contributed by atoms with van der Waals surface area (Å²) in [6.07, 6.45) is 2.45. The minimum atomic E-state index is -1.76. The molecule has 9 nitrogen and oxygen atoms in total. The first-order chi connectivity index (χ1) is 20.6. The van der Waals surface area contributed by atoms with E-state index in [-0.39, 0.29) is 47.5 Å². The van der Waals surface area contributed by atoms with Crippen LogP contribution in [0, 0.1) is 29.1 Å². The van der Waals surface area contributed by atoms with Crippen molar-refractivity contribution >= 4 is 47.6 Å². The van der Waals surface area contributed by atoms with Gasteiger partial charge >= 0.3 is 7.12 Å². The molecule has 4 amide bonds. The number of amides is 4. The highest BCUT2D eigenvalue weighted by Gasteiger charge is 2.67. The van der Waals surface area contributed by atoms with E-state index in [9.17, 15) is 34.3 Å². The van der Waals surface area contributed by atoms with Crippen molar-refractivity contribution in [2.75, 3.05) is 9.80 Å². The maximum absolute atomic E-state index is 14.3. The summed E-state index contributed by atoms with van der Waals surface area (Å²) in [5.41, 5.74) is 1.18. The molecule has 2 aliphatic heterocycles. The zero-order valence-electron chi connectivity index (χ0n) is 23.3. The van der Waals surface area contributed by atoms with Crippen LogP contribution in [0.15, 0.2) is 90.5 Å². The smallest absolute Gasteiger partial charge is 0.488 e. The Balaban J connectivity index is 1.35. The van der Waals surface area contributed by atoms with E-state index in [0.717, 1.165) is 10.5 Å². The van der Waals surface area contributed by atoms with E-state index >= 15 is 0 Å². The first kappa shape index (κ1) is 27.3. The third-order valence-corrected chi connectivity index (χ3v) is 9.92. The number of anilines is 2. The number of hydrogen-bond donors (Lipinski definition) is 3. The minimum absolute atomic E-state index is 0.0231. The molecule has 3 N–H and O–H groups in total. The number of aromatic hydroxyl groups is 1. The molecule has 10 heteroatoms. The second kappa shape index (κ2) is 9.75. The zero-order chi connectivity index (χ0) is 30.2. The normalized spacial score (nSPS) is 29.7. The van der Waals surface area contributed by atoms with Gasteiger partial charge in [0, 0.05) is 5.92 Å². The van der Waals surface area contributed by atoms with Crippen molar-refractivity contribution in [2.24, 2.45) is 29.1 Å². The van der Waals surface area contributed by atoms with Crippen LogP contribution in [0.3, 0.4) is 0 Å². The highest BCUT2D eigenvalue weighted by Crippen LogP contribution is 2.63. The number of hydrogen-bond acceptors (Lipinski definition) is 7. The molecule has 216 valence electrons. The highest BCUT2D eigenvalue weighted by molar-refractivity contribution is 6.58. The van der Waals surface area contributed by atoms with Gasteiger partial charge in [-0.3, -0.25) is 24.1 Å². The van der Waals surface area contributed by atoms with E-state index in [2.05, 4.69) is 0 Å². The number of benzene rings is 3. The fourth-order valence-corrected chi connectivity index (χ4v) is 8.00. The van der Waals surface area contributed by atoms with Crippen LogP contribution in [0.5, 0.6) is 5.75 Å². The number of imide groups is 2. The molecule has 3 aromatic carbocycles. The van der Waals surface area contributed by atoms with Gasteiger partial charge in [-0.05, 0) is 73.1 Å². The summed E-state index contributed by atoms with van der Waals surface area (Å²) >= 11 is 0. The average molecular weight is 576 g/mol. The first-order valence-corrected chi connectivity index (χ1v) is 14.4. The lowest BCUT2D eigenvalue weighted by molar-refractivity contribution is -0.131. The van der Waals surface area contributed by atoms with Gasteiger partial charge in [0.15, 0.2) is 0 Å². The van der Waals surface area contributed by atoms with Crippen molar-refractivity contribution in [3.05, 3.63) is 96.1 Å². The fraction of sp³-hybridized carbons (Fsp3) is 0.273. The highest BCUT2D eigenvalue weighted by atomic mass is 16.4. The van der Waals surface area contributed by atoms with Crippen LogP contribution in [0.2, 0.25) is 0 Å². The van der Waals surface area contributed by atoms with Gasteiger partial charge in [-0.15, -0.1) is 0 Å². The number of nitrogens with zero attached hydrogens (tertiary/aromatic N) is 2. The molecular formula is C33H29BN2O7. The molecule has 2 aliphatic carbocycles. The topological polar surface area (TPSA) is 135 Å². The van der Waals surface area contributed by atoms with E-state index in [4.69, 9.17) is 0 Å². The van der Waals surface area contributed by atoms with Crippen LogP contribution in [0.4, 0.5) is 11.4 Å². The standard InChI is InChI=1S/C33H29BN2O7/c1-33-26(30(39)36(32(33)41)20-9-3-2-4-10-20)17-25-23(28(33)18-7-5-12-22(37)15-18)13-14-24-27(25)31(40)35(29(24)38)21-11-6-8-19(16-21)34(42)43/h2-13,15-16,24-28,37,42-43H,14,17H2,1H3/t24-,25+,26-,27-,28-,33+/m0/s1. The van der Waals surface area contributed by atoms with Crippen molar-refractivity contribution in [1.29, 1.82) is 0 Å². The molecular weight excluding hydrogens is 547 g/mol. The van der Waals surface area contributed by atoms with Crippen molar-refractivity contribution in [1.82, 2.24) is 0 Å². The van der Waals surface area contributed by atoms with Gasteiger partial charge in [0.05, 0.1) is 34.5 Å². The number of fused-ring (bicyclic) bond motifs is 4. The third-order valence-electron chi connectivity index (χ3n) is 9.92. The lowest BCUT2D eigenvalue weighted by atomic mass is 9.51. The molecule has 4 aliphatic rings. The molecule has 2 saturated heterocycles. The monoisotopic (exact) mass is 576 g/mol. The number of allylic oxidation sites excluding steroid dienone is 2. The second-order valence-corrected chi connectivity index (χ2v) is 12.1. The lowest BCUT2D eigenvalue weighted by Crippen LogP contribution is -2.48. The summed E-state index contributed by atoms with van der Waals surface area (Å²) in [7, 11) is -1.76. The van der Waals surface area contributed by atoms with Gasteiger partial charge in [-0.2, -0.15) is 0 Å². The van der Waals surface area contributed by atoms with Crippen molar-refractivity contribution in [3.8, 4) is 5.75 Å². The Morgan fingerprint density at radius 3 is 2.23 bits per heavy atom. The van der Waals surface area contributed by atoms with Gasteiger partial charge in [-0.25, -0.2) is 4.90 Å². The van der Waals surface area contributed by atoms with E-state index in [0.29, 0.717) is 11.3 Å². The average Bonchev–Trinajstić information content (AvgIpc) is 3.37. The Morgan fingerprint density at radius 2 is 1.51 bits per heavy atom. The van der Waals surface area contributed by atoms with Crippen LogP contribution in [0.25, 0.3) is 0 Å². The minimum Gasteiger partial charge on any atom is -0.508 e. The Labute approximate surface area is 248 Å². The van der Waals surface area contributed by atoms with Crippen molar-refractivity contribution < 1.29 is 34.3 Å². The Bertz CT molecular complexity index is 1720. The molecule has 7 rings (SSSR count). The van der Waals surface area contributed by atoms with Crippen LogP contribution < -0.4 is 15.3 Å². The third kappa shape index (κ3) is 3.86. The molecule has 0 aromatic heterocycles. The molecule has 2 heterocycles. The molecule has 0 bridgehead atoms. The van der Waals surface area contributed by atoms with Crippen LogP contribution >= 0.6 is 0 Å². The number of para-hydroxylation sites is 1. The summed E-state index contributed by atoms with van der Waals surface area (Å²) < 4.78 is 0. The summed E-state index contributed by atoms with van der Waals surface area (Å²) in [5, 5.41) is 29.8. The van der Waals surface area contributed by atoms with E-state index in [1.165, 1.54) is 17.0 Å². The molecule has 3 fully saturated rings. The molecule has 1 saturated carbocycles. The Kier molecular flexibility index (Phi) is 6.19. The van der Waals surface area contributed by atoms with Gasteiger partial charge in [-0.1, -0.05) is 54.1 Å². The Morgan fingerprint density at radius 1 is 0.791 bits per heavy atom. The fourth-order valence-electron chi connectivity index (χ4n) is 8.00. The maximum Gasteiger partial charge on any atom is 0.488 e. The number of carbonyl (C=O) groups is 4. The quantitative estimate of drug-likeness (QED) is 0.247. The number of phenolic OH excluding ortho intramolecular Hbond substituents is 1. The predicted octanol–water partition coefficient (Wildman–Crippen LogP) is 2.51. The largest absolute Gasteiger partial charge is 0.508 e. The summed E-state index contributed by atoms with van der Waals surface area (Å²) in [6, 6.07) is 21.5. The Hall–Kier alpha value is -4.54. The molecule has 3 aromatic rings.